The van der Waals surface area contributed by atoms with Crippen molar-refractivity contribution >= 4 is 17.2 Å². The molecule has 3 heteroatoms. The molecule has 0 bridgehead atoms. The van der Waals surface area contributed by atoms with Gasteiger partial charge in [-0.1, -0.05) is 25.8 Å². The molecule has 0 fully saturated rings. The number of carbonyl (C=O) groups is 1. The van der Waals surface area contributed by atoms with Crippen molar-refractivity contribution in [3.63, 3.8) is 0 Å². The van der Waals surface area contributed by atoms with Crippen LogP contribution >= 0.6 is 11.3 Å². The van der Waals surface area contributed by atoms with E-state index in [1.54, 1.807) is 11.3 Å². The number of rotatable bonds is 9. The molecular weight excluding hydrogens is 230 g/mol. The molecule has 2 nitrogen and oxygen atoms in total. The minimum Gasteiger partial charge on any atom is -0.356 e. The third-order valence-electron chi connectivity index (χ3n) is 2.76. The van der Waals surface area contributed by atoms with Gasteiger partial charge in [-0.2, -0.15) is 0 Å². The third-order valence-corrected chi connectivity index (χ3v) is 3.70. The van der Waals surface area contributed by atoms with E-state index in [0.29, 0.717) is 6.42 Å². The molecule has 1 rings (SSSR count). The van der Waals surface area contributed by atoms with Crippen LogP contribution in [0.2, 0.25) is 0 Å². The molecule has 0 spiro atoms. The van der Waals surface area contributed by atoms with Crippen molar-refractivity contribution in [3.8, 4) is 0 Å². The highest BCUT2D eigenvalue weighted by Gasteiger charge is 2.00. The standard InChI is InChI=1S/C14H23NOS/c1-2-3-6-11-15-14(16)10-5-4-8-13-9-7-12-17-13/h7,9,12H,2-6,8,10-11H2,1H3,(H,15,16). The van der Waals surface area contributed by atoms with E-state index < -0.39 is 0 Å². The molecular formula is C14H23NOS. The second-order valence-corrected chi connectivity index (χ2v) is 5.38. The normalized spacial score (nSPS) is 10.4. The number of unbranched alkanes of at least 4 members (excludes halogenated alkanes) is 3. The topological polar surface area (TPSA) is 29.1 Å². The van der Waals surface area contributed by atoms with Gasteiger partial charge in [0.05, 0.1) is 0 Å². The Labute approximate surface area is 108 Å². The maximum Gasteiger partial charge on any atom is 0.219 e. The highest BCUT2D eigenvalue weighted by molar-refractivity contribution is 7.09. The van der Waals surface area contributed by atoms with Gasteiger partial charge in [-0.15, -0.1) is 11.3 Å². The third kappa shape index (κ3) is 7.16. The predicted molar refractivity (Wildman–Crippen MR) is 74.4 cm³/mol. The van der Waals surface area contributed by atoms with Crippen LogP contribution in [0, 0.1) is 0 Å². The molecule has 1 aromatic heterocycles. The number of carbonyl (C=O) groups excluding carboxylic acids is 1. The monoisotopic (exact) mass is 253 g/mol. The van der Waals surface area contributed by atoms with Crippen LogP contribution in [-0.2, 0) is 11.2 Å². The molecule has 0 aliphatic rings. The zero-order valence-electron chi connectivity index (χ0n) is 10.7. The summed E-state index contributed by atoms with van der Waals surface area (Å²) in [6, 6.07) is 4.25. The van der Waals surface area contributed by atoms with Gasteiger partial charge in [0.25, 0.3) is 0 Å². The van der Waals surface area contributed by atoms with Gasteiger partial charge in [-0.3, -0.25) is 4.79 Å². The number of thiophene rings is 1. The Balaban J connectivity index is 1.93. The van der Waals surface area contributed by atoms with Gasteiger partial charge in [0.15, 0.2) is 0 Å². The Kier molecular flexibility index (Phi) is 7.72. The SMILES string of the molecule is CCCCCNC(=O)CCCCc1cccs1. The van der Waals surface area contributed by atoms with E-state index in [1.165, 1.54) is 17.7 Å². The number of nitrogens with one attached hydrogen (secondary N) is 1. The summed E-state index contributed by atoms with van der Waals surface area (Å²) in [7, 11) is 0. The lowest BCUT2D eigenvalue weighted by molar-refractivity contribution is -0.121. The van der Waals surface area contributed by atoms with Crippen LogP contribution in [0.15, 0.2) is 17.5 Å². The Morgan fingerprint density at radius 2 is 2.18 bits per heavy atom. The van der Waals surface area contributed by atoms with Crippen LogP contribution in [0.5, 0.6) is 0 Å². The highest BCUT2D eigenvalue weighted by Crippen LogP contribution is 2.12. The smallest absolute Gasteiger partial charge is 0.219 e. The summed E-state index contributed by atoms with van der Waals surface area (Å²) in [6.45, 7) is 3.02. The van der Waals surface area contributed by atoms with Crippen molar-refractivity contribution in [2.45, 2.75) is 51.9 Å². The molecule has 96 valence electrons. The average molecular weight is 253 g/mol. The van der Waals surface area contributed by atoms with Crippen LogP contribution in [0.4, 0.5) is 0 Å². The molecule has 0 unspecified atom stereocenters. The summed E-state index contributed by atoms with van der Waals surface area (Å²) in [5, 5.41) is 5.08. The van der Waals surface area contributed by atoms with Gasteiger partial charge in [-0.25, -0.2) is 0 Å². The van der Waals surface area contributed by atoms with E-state index in [9.17, 15) is 4.79 Å². The molecule has 0 radical (unpaired) electrons. The summed E-state index contributed by atoms with van der Waals surface area (Å²) in [6.07, 6.45) is 7.42. The van der Waals surface area contributed by atoms with Gasteiger partial charge in [0, 0.05) is 17.8 Å². The second-order valence-electron chi connectivity index (χ2n) is 4.34. The fourth-order valence-electron chi connectivity index (χ4n) is 1.73. The van der Waals surface area contributed by atoms with Gasteiger partial charge in [0.2, 0.25) is 5.91 Å². The molecule has 0 saturated heterocycles. The van der Waals surface area contributed by atoms with Crippen LogP contribution in [0.3, 0.4) is 0 Å². The number of hydrogen-bond acceptors (Lipinski definition) is 2. The van der Waals surface area contributed by atoms with Crippen molar-refractivity contribution in [2.75, 3.05) is 6.54 Å². The molecule has 1 amide bonds. The van der Waals surface area contributed by atoms with Crippen LogP contribution in [-0.4, -0.2) is 12.5 Å². The fraction of sp³-hybridized carbons (Fsp3) is 0.643. The number of amides is 1. The first-order valence-corrected chi connectivity index (χ1v) is 7.50. The molecule has 1 heterocycles. The Bertz CT molecular complexity index is 295. The van der Waals surface area contributed by atoms with Gasteiger partial charge in [0.1, 0.15) is 0 Å². The summed E-state index contributed by atoms with van der Waals surface area (Å²) >= 11 is 1.80. The summed E-state index contributed by atoms with van der Waals surface area (Å²) in [4.78, 5) is 12.9. The first kappa shape index (κ1) is 14.2. The predicted octanol–water partition coefficient (Wildman–Crippen LogP) is 3.77. The van der Waals surface area contributed by atoms with Crippen LogP contribution in [0.1, 0.15) is 50.3 Å². The minimum absolute atomic E-state index is 0.215. The quantitative estimate of drug-likeness (QED) is 0.667. The van der Waals surface area contributed by atoms with Crippen LogP contribution < -0.4 is 5.32 Å². The maximum atomic E-state index is 11.5. The number of hydrogen-bond donors (Lipinski definition) is 1. The molecule has 1 aromatic rings. The summed E-state index contributed by atoms with van der Waals surface area (Å²) in [5.41, 5.74) is 0. The van der Waals surface area contributed by atoms with Crippen molar-refractivity contribution in [3.05, 3.63) is 22.4 Å². The first-order valence-electron chi connectivity index (χ1n) is 6.62. The molecule has 17 heavy (non-hydrogen) atoms. The van der Waals surface area contributed by atoms with Crippen LogP contribution in [0.25, 0.3) is 0 Å². The zero-order valence-corrected chi connectivity index (χ0v) is 11.5. The molecule has 0 atom stereocenters. The molecule has 0 aliphatic heterocycles. The highest BCUT2D eigenvalue weighted by atomic mass is 32.1. The van der Waals surface area contributed by atoms with Gasteiger partial charge < -0.3 is 5.32 Å². The van der Waals surface area contributed by atoms with E-state index in [4.69, 9.17) is 0 Å². The largest absolute Gasteiger partial charge is 0.356 e. The lowest BCUT2D eigenvalue weighted by atomic mass is 10.1. The summed E-state index contributed by atoms with van der Waals surface area (Å²) < 4.78 is 0. The zero-order chi connectivity index (χ0) is 12.3. The van der Waals surface area contributed by atoms with E-state index in [1.807, 2.05) is 0 Å². The van der Waals surface area contributed by atoms with Crippen molar-refractivity contribution in [1.29, 1.82) is 0 Å². The average Bonchev–Trinajstić information content (AvgIpc) is 2.83. The van der Waals surface area contributed by atoms with Gasteiger partial charge in [-0.05, 0) is 37.1 Å². The maximum absolute atomic E-state index is 11.5. The van der Waals surface area contributed by atoms with Crippen molar-refractivity contribution < 1.29 is 4.79 Å². The molecule has 1 N–H and O–H groups in total. The molecule has 0 aliphatic carbocycles. The lowest BCUT2D eigenvalue weighted by Gasteiger charge is -2.04. The van der Waals surface area contributed by atoms with Crippen molar-refractivity contribution in [1.82, 2.24) is 5.32 Å². The Hall–Kier alpha value is -0.830. The second kappa shape index (κ2) is 9.23. The van der Waals surface area contributed by atoms with E-state index in [-0.39, 0.29) is 5.91 Å². The number of aryl methyl sites for hydroxylation is 1. The van der Waals surface area contributed by atoms with E-state index in [0.717, 1.165) is 32.2 Å². The lowest BCUT2D eigenvalue weighted by Crippen LogP contribution is -2.23. The summed E-state index contributed by atoms with van der Waals surface area (Å²) in [5.74, 6) is 0.215. The Morgan fingerprint density at radius 3 is 2.88 bits per heavy atom. The van der Waals surface area contributed by atoms with E-state index >= 15 is 0 Å². The Morgan fingerprint density at radius 1 is 1.29 bits per heavy atom. The fourth-order valence-corrected chi connectivity index (χ4v) is 2.48. The minimum atomic E-state index is 0.215. The first-order chi connectivity index (χ1) is 8.33. The molecule has 0 saturated carbocycles. The van der Waals surface area contributed by atoms with Gasteiger partial charge >= 0.3 is 0 Å². The van der Waals surface area contributed by atoms with Crippen molar-refractivity contribution in [2.24, 2.45) is 0 Å². The van der Waals surface area contributed by atoms with E-state index in [2.05, 4.69) is 29.8 Å². The molecule has 0 aromatic carbocycles.